The minimum Gasteiger partial charge on any atom is -0.298 e. The molecule has 3 N–H and O–H groups in total. The van der Waals surface area contributed by atoms with Crippen molar-refractivity contribution >= 4 is 53.4 Å². The smallest absolute Gasteiger partial charge is 0.257 e. The molecule has 0 fully saturated rings. The fourth-order valence-electron chi connectivity index (χ4n) is 2.64. The molecule has 4 rings (SSSR count). The van der Waals surface area contributed by atoms with Crippen LogP contribution in [0.4, 0.5) is 5.13 Å². The van der Waals surface area contributed by atoms with Crippen molar-refractivity contribution in [3.63, 3.8) is 0 Å². The van der Waals surface area contributed by atoms with Crippen LogP contribution in [0.25, 0.3) is 21.0 Å². The van der Waals surface area contributed by atoms with E-state index in [1.165, 1.54) is 23.5 Å². The summed E-state index contributed by atoms with van der Waals surface area (Å²) in [4.78, 5) is 16.8. The van der Waals surface area contributed by atoms with Gasteiger partial charge in [0.2, 0.25) is 10.0 Å². The quantitative estimate of drug-likeness (QED) is 0.566. The number of nitrogens with two attached hydrogens (primary N) is 1. The Morgan fingerprint density at radius 3 is 2.54 bits per heavy atom. The molecule has 1 aromatic heterocycles. The molecule has 0 radical (unpaired) electrons. The van der Waals surface area contributed by atoms with Gasteiger partial charge in [0, 0.05) is 5.56 Å². The molecule has 0 aliphatic rings. The first-order chi connectivity index (χ1) is 12.4. The van der Waals surface area contributed by atoms with Gasteiger partial charge in [-0.1, -0.05) is 41.7 Å². The third-order valence-corrected chi connectivity index (χ3v) is 5.77. The zero-order valence-electron chi connectivity index (χ0n) is 13.3. The van der Waals surface area contributed by atoms with Crippen LogP contribution in [0.3, 0.4) is 0 Å². The number of carbonyl (C=O) groups excluding carboxylic acids is 1. The van der Waals surface area contributed by atoms with E-state index in [1.54, 1.807) is 12.1 Å². The van der Waals surface area contributed by atoms with E-state index >= 15 is 0 Å². The molecule has 0 atom stereocenters. The van der Waals surface area contributed by atoms with Gasteiger partial charge in [-0.25, -0.2) is 18.5 Å². The van der Waals surface area contributed by atoms with Crippen molar-refractivity contribution in [2.24, 2.45) is 5.14 Å². The molecule has 1 amide bonds. The Morgan fingerprint density at radius 2 is 1.77 bits per heavy atom. The molecule has 1 heterocycles. The van der Waals surface area contributed by atoms with Crippen LogP contribution in [-0.4, -0.2) is 19.3 Å². The fourth-order valence-corrected chi connectivity index (χ4v) is 4.15. The zero-order valence-corrected chi connectivity index (χ0v) is 15.0. The highest BCUT2D eigenvalue weighted by Crippen LogP contribution is 2.28. The summed E-state index contributed by atoms with van der Waals surface area (Å²) in [6.45, 7) is 0. The molecular formula is C18H13N3O3S2. The summed E-state index contributed by atoms with van der Waals surface area (Å²) in [6.07, 6.45) is 0. The van der Waals surface area contributed by atoms with Crippen molar-refractivity contribution in [3.05, 3.63) is 66.2 Å². The molecule has 0 saturated heterocycles. The van der Waals surface area contributed by atoms with Crippen LogP contribution < -0.4 is 10.5 Å². The predicted molar refractivity (Wildman–Crippen MR) is 103 cm³/mol. The van der Waals surface area contributed by atoms with E-state index < -0.39 is 10.0 Å². The average Bonchev–Trinajstić information content (AvgIpc) is 3.01. The van der Waals surface area contributed by atoms with E-state index in [9.17, 15) is 13.2 Å². The maximum absolute atomic E-state index is 12.5. The molecule has 0 saturated carbocycles. The highest BCUT2D eigenvalue weighted by molar-refractivity contribution is 7.89. The first-order valence-corrected chi connectivity index (χ1v) is 10.00. The van der Waals surface area contributed by atoms with E-state index in [-0.39, 0.29) is 10.8 Å². The van der Waals surface area contributed by atoms with Crippen molar-refractivity contribution in [2.45, 2.75) is 4.90 Å². The standard InChI is InChI=1S/C18H13N3O3S2/c19-26(23,24)14-7-8-15-16(10-14)25-18(20-15)21-17(22)13-6-5-11-3-1-2-4-12(11)9-13/h1-10H,(H2,19,23,24)(H,20,21,22). The number of fused-ring (bicyclic) bond motifs is 2. The minimum absolute atomic E-state index is 0.0149. The zero-order chi connectivity index (χ0) is 18.3. The summed E-state index contributed by atoms with van der Waals surface area (Å²) in [6, 6.07) is 17.7. The van der Waals surface area contributed by atoms with Gasteiger partial charge in [-0.05, 0) is 41.1 Å². The second-order valence-electron chi connectivity index (χ2n) is 5.71. The van der Waals surface area contributed by atoms with Crippen molar-refractivity contribution in [1.82, 2.24) is 4.98 Å². The van der Waals surface area contributed by atoms with Crippen LogP contribution in [0.2, 0.25) is 0 Å². The largest absolute Gasteiger partial charge is 0.298 e. The first-order valence-electron chi connectivity index (χ1n) is 7.64. The number of benzene rings is 3. The number of anilines is 1. The van der Waals surface area contributed by atoms with Crippen LogP contribution in [0.1, 0.15) is 10.4 Å². The molecule has 3 aromatic carbocycles. The van der Waals surface area contributed by atoms with Crippen molar-refractivity contribution in [1.29, 1.82) is 0 Å². The summed E-state index contributed by atoms with van der Waals surface area (Å²) in [7, 11) is -3.78. The predicted octanol–water partition coefficient (Wildman–Crippen LogP) is 3.35. The lowest BCUT2D eigenvalue weighted by Gasteiger charge is -2.03. The lowest BCUT2D eigenvalue weighted by Crippen LogP contribution is -2.11. The number of hydrogen-bond acceptors (Lipinski definition) is 5. The Morgan fingerprint density at radius 1 is 1.00 bits per heavy atom. The van der Waals surface area contributed by atoms with Gasteiger partial charge in [0.25, 0.3) is 5.91 Å². The summed E-state index contributed by atoms with van der Waals surface area (Å²) in [5.74, 6) is -0.276. The number of hydrogen-bond donors (Lipinski definition) is 2. The van der Waals surface area contributed by atoms with Crippen LogP contribution in [0.15, 0.2) is 65.6 Å². The van der Waals surface area contributed by atoms with Crippen molar-refractivity contribution < 1.29 is 13.2 Å². The summed E-state index contributed by atoms with van der Waals surface area (Å²) >= 11 is 1.19. The van der Waals surface area contributed by atoms with Gasteiger partial charge in [-0.3, -0.25) is 10.1 Å². The van der Waals surface area contributed by atoms with E-state index in [4.69, 9.17) is 5.14 Å². The van der Waals surface area contributed by atoms with Gasteiger partial charge >= 0.3 is 0 Å². The molecule has 0 bridgehead atoms. The molecule has 0 spiro atoms. The van der Waals surface area contributed by atoms with Gasteiger partial charge in [0.15, 0.2) is 5.13 Å². The Kier molecular flexibility index (Phi) is 3.95. The Bertz CT molecular complexity index is 1260. The van der Waals surface area contributed by atoms with Crippen LogP contribution >= 0.6 is 11.3 Å². The number of carbonyl (C=O) groups is 1. The maximum atomic E-state index is 12.5. The van der Waals surface area contributed by atoms with Gasteiger partial charge in [0.1, 0.15) is 0 Å². The topological polar surface area (TPSA) is 102 Å². The molecule has 26 heavy (non-hydrogen) atoms. The molecule has 4 aromatic rings. The number of primary sulfonamides is 1. The van der Waals surface area contributed by atoms with E-state index in [1.807, 2.05) is 36.4 Å². The number of nitrogens with one attached hydrogen (secondary N) is 1. The normalized spacial score (nSPS) is 11.7. The average molecular weight is 383 g/mol. The lowest BCUT2D eigenvalue weighted by atomic mass is 10.1. The first kappa shape index (κ1) is 16.6. The summed E-state index contributed by atoms with van der Waals surface area (Å²) < 4.78 is 23.5. The van der Waals surface area contributed by atoms with Gasteiger partial charge in [-0.15, -0.1) is 0 Å². The number of nitrogens with zero attached hydrogens (tertiary/aromatic N) is 1. The summed E-state index contributed by atoms with van der Waals surface area (Å²) in [5, 5.41) is 10.3. The minimum atomic E-state index is -3.78. The molecule has 8 heteroatoms. The molecular weight excluding hydrogens is 370 g/mol. The van der Waals surface area contributed by atoms with E-state index in [2.05, 4.69) is 10.3 Å². The third kappa shape index (κ3) is 3.17. The number of thiazole rings is 1. The Balaban J connectivity index is 1.64. The molecule has 0 unspecified atom stereocenters. The van der Waals surface area contributed by atoms with Crippen molar-refractivity contribution in [3.8, 4) is 0 Å². The maximum Gasteiger partial charge on any atom is 0.257 e. The Hall–Kier alpha value is -2.81. The van der Waals surface area contributed by atoms with E-state index in [0.717, 1.165) is 10.8 Å². The van der Waals surface area contributed by atoms with Gasteiger partial charge in [0.05, 0.1) is 15.1 Å². The molecule has 130 valence electrons. The van der Waals surface area contributed by atoms with Gasteiger partial charge in [-0.2, -0.15) is 0 Å². The van der Waals surface area contributed by atoms with Crippen LogP contribution in [-0.2, 0) is 10.0 Å². The van der Waals surface area contributed by atoms with E-state index in [0.29, 0.717) is 20.9 Å². The summed E-state index contributed by atoms with van der Waals surface area (Å²) in [5.41, 5.74) is 1.12. The number of aromatic nitrogens is 1. The number of sulfonamides is 1. The highest BCUT2D eigenvalue weighted by atomic mass is 32.2. The lowest BCUT2D eigenvalue weighted by molar-refractivity contribution is 0.102. The second-order valence-corrected chi connectivity index (χ2v) is 8.30. The number of rotatable bonds is 3. The number of amides is 1. The molecule has 6 nitrogen and oxygen atoms in total. The fraction of sp³-hybridized carbons (Fsp3) is 0. The second kappa shape index (κ2) is 6.17. The molecule has 0 aliphatic carbocycles. The van der Waals surface area contributed by atoms with Crippen LogP contribution in [0.5, 0.6) is 0 Å². The highest BCUT2D eigenvalue weighted by Gasteiger charge is 2.13. The third-order valence-electron chi connectivity index (χ3n) is 3.92. The Labute approximate surface area is 153 Å². The SMILES string of the molecule is NS(=O)(=O)c1ccc2nc(NC(=O)c3ccc4ccccc4c3)sc2c1. The van der Waals surface area contributed by atoms with Gasteiger partial charge < -0.3 is 0 Å². The van der Waals surface area contributed by atoms with Crippen molar-refractivity contribution in [2.75, 3.05) is 5.32 Å². The molecule has 0 aliphatic heterocycles. The monoisotopic (exact) mass is 383 g/mol. The van der Waals surface area contributed by atoms with Crippen LogP contribution in [0, 0.1) is 0 Å².